The summed E-state index contributed by atoms with van der Waals surface area (Å²) in [6.07, 6.45) is 5.18. The van der Waals surface area contributed by atoms with Crippen molar-refractivity contribution in [3.63, 3.8) is 0 Å². The molecule has 0 unspecified atom stereocenters. The van der Waals surface area contributed by atoms with Crippen LogP contribution < -0.4 is 0 Å². The van der Waals surface area contributed by atoms with Crippen molar-refractivity contribution in [1.29, 1.82) is 0 Å². The van der Waals surface area contributed by atoms with E-state index in [1.165, 1.54) is 24.2 Å². The van der Waals surface area contributed by atoms with Crippen LogP contribution in [0.4, 0.5) is 0 Å². The number of nitrogens with zero attached hydrogens (tertiary/aromatic N) is 2. The van der Waals surface area contributed by atoms with Crippen LogP contribution in [0.25, 0.3) is 0 Å². The monoisotopic (exact) mass is 254 g/mol. The van der Waals surface area contributed by atoms with Crippen molar-refractivity contribution >= 4 is 11.8 Å². The van der Waals surface area contributed by atoms with Crippen LogP contribution in [0, 0.1) is 0 Å². The molecule has 0 aromatic rings. The molecule has 5 nitrogen and oxygen atoms in total. The Labute approximate surface area is 108 Å². The second-order valence-corrected chi connectivity index (χ2v) is 5.14. The zero-order valence-corrected chi connectivity index (χ0v) is 10.8. The van der Waals surface area contributed by atoms with E-state index in [9.17, 15) is 9.59 Å². The standard InChI is InChI=1S/C13H22N2O3/c16-10-2-7-14(11-3-1-4-11)8-9-15-12(17)5-6-13(15)18/h11,16H,1-10H2. The highest BCUT2D eigenvalue weighted by molar-refractivity contribution is 6.01. The first kappa shape index (κ1) is 13.5. The predicted molar refractivity (Wildman–Crippen MR) is 66.9 cm³/mol. The third-order valence-electron chi connectivity index (χ3n) is 3.96. The number of carbonyl (C=O) groups is 2. The van der Waals surface area contributed by atoms with Crippen molar-refractivity contribution in [2.24, 2.45) is 0 Å². The second-order valence-electron chi connectivity index (χ2n) is 5.14. The molecule has 0 spiro atoms. The molecular formula is C13H22N2O3. The number of hydrogen-bond donors (Lipinski definition) is 1. The minimum Gasteiger partial charge on any atom is -0.396 e. The Hall–Kier alpha value is -0.940. The normalized spacial score (nSPS) is 20.9. The van der Waals surface area contributed by atoms with Crippen LogP contribution in [0.3, 0.4) is 0 Å². The summed E-state index contributed by atoms with van der Waals surface area (Å²) in [7, 11) is 0. The smallest absolute Gasteiger partial charge is 0.229 e. The molecule has 2 rings (SSSR count). The van der Waals surface area contributed by atoms with E-state index < -0.39 is 0 Å². The highest BCUT2D eigenvalue weighted by Crippen LogP contribution is 2.25. The number of aliphatic hydroxyl groups excluding tert-OH is 1. The van der Waals surface area contributed by atoms with Crippen LogP contribution in [-0.4, -0.2) is 59.0 Å². The highest BCUT2D eigenvalue weighted by Gasteiger charge is 2.30. The molecule has 1 saturated heterocycles. The van der Waals surface area contributed by atoms with Crippen LogP contribution >= 0.6 is 0 Å². The maximum Gasteiger partial charge on any atom is 0.229 e. The van der Waals surface area contributed by atoms with Gasteiger partial charge in [-0.15, -0.1) is 0 Å². The molecule has 2 amide bonds. The lowest BCUT2D eigenvalue weighted by Gasteiger charge is -2.38. The van der Waals surface area contributed by atoms with Crippen molar-refractivity contribution in [2.45, 2.75) is 44.6 Å². The Morgan fingerprint density at radius 1 is 1.17 bits per heavy atom. The van der Waals surface area contributed by atoms with Gasteiger partial charge in [0.05, 0.1) is 0 Å². The molecule has 0 atom stereocenters. The zero-order valence-electron chi connectivity index (χ0n) is 10.8. The Morgan fingerprint density at radius 3 is 2.33 bits per heavy atom. The van der Waals surface area contributed by atoms with Gasteiger partial charge in [0, 0.05) is 45.1 Å². The van der Waals surface area contributed by atoms with Crippen molar-refractivity contribution in [3.05, 3.63) is 0 Å². The number of aliphatic hydroxyl groups is 1. The SMILES string of the molecule is O=C1CCC(=O)N1CCN(CCCO)C1CCC1. The van der Waals surface area contributed by atoms with E-state index in [4.69, 9.17) is 5.11 Å². The number of amides is 2. The fourth-order valence-corrected chi connectivity index (χ4v) is 2.60. The van der Waals surface area contributed by atoms with Crippen LogP contribution in [0.15, 0.2) is 0 Å². The summed E-state index contributed by atoms with van der Waals surface area (Å²) in [6.45, 7) is 2.32. The van der Waals surface area contributed by atoms with Gasteiger partial charge < -0.3 is 5.11 Å². The molecule has 1 aliphatic heterocycles. The molecule has 0 aromatic heterocycles. The number of hydrogen-bond acceptors (Lipinski definition) is 4. The van der Waals surface area contributed by atoms with E-state index in [-0.39, 0.29) is 18.4 Å². The van der Waals surface area contributed by atoms with E-state index in [0.717, 1.165) is 19.5 Å². The minimum atomic E-state index is -0.0317. The van der Waals surface area contributed by atoms with Crippen LogP contribution in [0.5, 0.6) is 0 Å². The lowest BCUT2D eigenvalue weighted by atomic mass is 9.91. The fourth-order valence-electron chi connectivity index (χ4n) is 2.60. The van der Waals surface area contributed by atoms with Gasteiger partial charge in [0.25, 0.3) is 0 Å². The molecule has 0 radical (unpaired) electrons. The first-order valence-electron chi connectivity index (χ1n) is 6.90. The van der Waals surface area contributed by atoms with E-state index >= 15 is 0 Å². The van der Waals surface area contributed by atoms with Crippen LogP contribution in [0.1, 0.15) is 38.5 Å². The second kappa shape index (κ2) is 6.29. The largest absolute Gasteiger partial charge is 0.396 e. The van der Waals surface area contributed by atoms with Gasteiger partial charge in [-0.3, -0.25) is 19.4 Å². The zero-order chi connectivity index (χ0) is 13.0. The molecule has 1 saturated carbocycles. The van der Waals surface area contributed by atoms with Gasteiger partial charge in [-0.05, 0) is 19.3 Å². The summed E-state index contributed by atoms with van der Waals surface area (Å²) < 4.78 is 0. The van der Waals surface area contributed by atoms with Gasteiger partial charge in [-0.25, -0.2) is 0 Å². The quantitative estimate of drug-likeness (QED) is 0.667. The van der Waals surface area contributed by atoms with E-state index in [0.29, 0.717) is 25.4 Å². The number of likely N-dealkylation sites (tertiary alicyclic amines) is 1. The summed E-state index contributed by atoms with van der Waals surface area (Å²) in [6, 6.07) is 0.587. The molecule has 2 aliphatic rings. The molecule has 1 N–H and O–H groups in total. The van der Waals surface area contributed by atoms with Crippen LogP contribution in [0.2, 0.25) is 0 Å². The third-order valence-corrected chi connectivity index (χ3v) is 3.96. The van der Waals surface area contributed by atoms with Gasteiger partial charge in [-0.2, -0.15) is 0 Å². The van der Waals surface area contributed by atoms with Crippen LogP contribution in [-0.2, 0) is 9.59 Å². The number of rotatable bonds is 7. The Morgan fingerprint density at radius 2 is 1.83 bits per heavy atom. The minimum absolute atomic E-state index is 0.0317. The maximum atomic E-state index is 11.5. The average Bonchev–Trinajstić information content (AvgIpc) is 2.60. The summed E-state index contributed by atoms with van der Waals surface area (Å²) in [5.74, 6) is -0.0635. The lowest BCUT2D eigenvalue weighted by Crippen LogP contribution is -2.45. The summed E-state index contributed by atoms with van der Waals surface area (Å²) >= 11 is 0. The molecule has 102 valence electrons. The van der Waals surface area contributed by atoms with E-state index in [1.54, 1.807) is 0 Å². The molecular weight excluding hydrogens is 232 g/mol. The van der Waals surface area contributed by atoms with Gasteiger partial charge in [0.2, 0.25) is 11.8 Å². The molecule has 5 heteroatoms. The average molecular weight is 254 g/mol. The maximum absolute atomic E-state index is 11.5. The van der Waals surface area contributed by atoms with Crippen molar-refractivity contribution in [1.82, 2.24) is 9.80 Å². The van der Waals surface area contributed by atoms with Gasteiger partial charge in [0.1, 0.15) is 0 Å². The van der Waals surface area contributed by atoms with Gasteiger partial charge in [-0.1, -0.05) is 6.42 Å². The molecule has 1 heterocycles. The molecule has 0 bridgehead atoms. The van der Waals surface area contributed by atoms with Crippen molar-refractivity contribution in [3.8, 4) is 0 Å². The first-order valence-corrected chi connectivity index (χ1v) is 6.90. The van der Waals surface area contributed by atoms with E-state index in [1.807, 2.05) is 0 Å². The van der Waals surface area contributed by atoms with Gasteiger partial charge >= 0.3 is 0 Å². The molecule has 18 heavy (non-hydrogen) atoms. The Kier molecular flexibility index (Phi) is 4.72. The third kappa shape index (κ3) is 3.09. The fraction of sp³-hybridized carbons (Fsp3) is 0.846. The highest BCUT2D eigenvalue weighted by atomic mass is 16.3. The van der Waals surface area contributed by atoms with E-state index in [2.05, 4.69) is 4.90 Å². The Bertz CT molecular complexity index is 299. The van der Waals surface area contributed by atoms with Crippen molar-refractivity contribution in [2.75, 3.05) is 26.2 Å². The van der Waals surface area contributed by atoms with Gasteiger partial charge in [0.15, 0.2) is 0 Å². The lowest BCUT2D eigenvalue weighted by molar-refractivity contribution is -0.138. The summed E-state index contributed by atoms with van der Waals surface area (Å²) in [5.41, 5.74) is 0. The Balaban J connectivity index is 1.80. The van der Waals surface area contributed by atoms with Crippen molar-refractivity contribution < 1.29 is 14.7 Å². The topological polar surface area (TPSA) is 60.9 Å². The predicted octanol–water partition coefficient (Wildman–Crippen LogP) is 0.372. The molecule has 2 fully saturated rings. The number of carbonyl (C=O) groups excluding carboxylic acids is 2. The molecule has 0 aromatic carbocycles. The number of imide groups is 1. The summed E-state index contributed by atoms with van der Waals surface area (Å²) in [5, 5.41) is 8.91. The first-order chi connectivity index (χ1) is 8.72. The molecule has 1 aliphatic carbocycles. The summed E-state index contributed by atoms with van der Waals surface area (Å²) in [4.78, 5) is 26.7.